The fourth-order valence-electron chi connectivity index (χ4n) is 2.11. The summed E-state index contributed by atoms with van der Waals surface area (Å²) in [5.41, 5.74) is 0.474. The first-order valence-corrected chi connectivity index (χ1v) is 7.27. The Morgan fingerprint density at radius 1 is 1.30 bits per heavy atom. The Balaban J connectivity index is 1.78. The summed E-state index contributed by atoms with van der Waals surface area (Å²) in [5.74, 6) is -0.858. The number of benzene rings is 1. The molecule has 0 spiro atoms. The summed E-state index contributed by atoms with van der Waals surface area (Å²) in [4.78, 5) is 23.4. The van der Waals surface area contributed by atoms with Crippen molar-refractivity contribution in [2.24, 2.45) is 0 Å². The maximum atomic E-state index is 11.8. The van der Waals surface area contributed by atoms with Crippen LogP contribution in [0.25, 0.3) is 0 Å². The molecule has 0 heterocycles. The Kier molecular flexibility index (Phi) is 5.14. The lowest BCUT2D eigenvalue weighted by atomic mass is 10.2. The Hall–Kier alpha value is -1.40. The second kappa shape index (κ2) is 6.85. The number of carbonyl (C=O) groups is 2. The van der Waals surface area contributed by atoms with Crippen molar-refractivity contribution in [2.75, 3.05) is 6.54 Å². The number of carbonyl (C=O) groups excluding carboxylic acids is 2. The molecule has 2 rings (SSSR count). The molecule has 0 radical (unpaired) electrons. The van der Waals surface area contributed by atoms with E-state index in [-0.39, 0.29) is 12.5 Å². The van der Waals surface area contributed by atoms with Crippen molar-refractivity contribution in [2.45, 2.75) is 31.5 Å². The molecule has 2 atom stereocenters. The molecule has 1 aliphatic rings. The minimum Gasteiger partial charge on any atom is -0.458 e. The number of hydrogen-bond donors (Lipinski definition) is 2. The molecule has 1 aromatic rings. The SMILES string of the molecule is O=C(CNC(=O)c1ccc(Br)cc1)O[C@@H]1CCC[C@@H]1O. The molecule has 0 aliphatic heterocycles. The van der Waals surface area contributed by atoms with Crippen molar-refractivity contribution in [1.29, 1.82) is 0 Å². The number of rotatable bonds is 4. The number of aliphatic hydroxyl groups excluding tert-OH is 1. The van der Waals surface area contributed by atoms with Gasteiger partial charge in [0.15, 0.2) is 0 Å². The van der Waals surface area contributed by atoms with Gasteiger partial charge in [-0.25, -0.2) is 0 Å². The fourth-order valence-corrected chi connectivity index (χ4v) is 2.37. The number of ether oxygens (including phenoxy) is 1. The van der Waals surface area contributed by atoms with Crippen molar-refractivity contribution < 1.29 is 19.4 Å². The monoisotopic (exact) mass is 341 g/mol. The predicted molar refractivity (Wildman–Crippen MR) is 76.2 cm³/mol. The van der Waals surface area contributed by atoms with Crippen molar-refractivity contribution in [1.82, 2.24) is 5.32 Å². The maximum absolute atomic E-state index is 11.8. The van der Waals surface area contributed by atoms with Gasteiger partial charge in [-0.1, -0.05) is 15.9 Å². The van der Waals surface area contributed by atoms with E-state index in [4.69, 9.17) is 4.74 Å². The summed E-state index contributed by atoms with van der Waals surface area (Å²) < 4.78 is 6.00. The molecule has 0 aromatic heterocycles. The average Bonchev–Trinajstić information content (AvgIpc) is 2.82. The number of esters is 1. The first kappa shape index (κ1) is 15.0. The van der Waals surface area contributed by atoms with E-state index < -0.39 is 18.2 Å². The molecule has 2 N–H and O–H groups in total. The van der Waals surface area contributed by atoms with E-state index in [1.807, 2.05) is 0 Å². The molecule has 6 heteroatoms. The number of amides is 1. The third-order valence-electron chi connectivity index (χ3n) is 3.20. The molecule has 108 valence electrons. The van der Waals surface area contributed by atoms with E-state index in [0.29, 0.717) is 18.4 Å². The quantitative estimate of drug-likeness (QED) is 0.816. The van der Waals surface area contributed by atoms with E-state index >= 15 is 0 Å². The highest BCUT2D eigenvalue weighted by atomic mass is 79.9. The molecule has 1 amide bonds. The first-order valence-electron chi connectivity index (χ1n) is 6.47. The van der Waals surface area contributed by atoms with Crippen LogP contribution in [0.1, 0.15) is 29.6 Å². The zero-order valence-corrected chi connectivity index (χ0v) is 12.4. The molecule has 1 fully saturated rings. The zero-order chi connectivity index (χ0) is 14.5. The maximum Gasteiger partial charge on any atom is 0.325 e. The van der Waals surface area contributed by atoms with Crippen molar-refractivity contribution >= 4 is 27.8 Å². The Bertz CT molecular complexity index is 488. The lowest BCUT2D eigenvalue weighted by Crippen LogP contribution is -2.34. The lowest BCUT2D eigenvalue weighted by molar-refractivity contribution is -0.151. The molecule has 0 unspecified atom stereocenters. The first-order chi connectivity index (χ1) is 9.56. The van der Waals surface area contributed by atoms with Crippen LogP contribution in [0.4, 0.5) is 0 Å². The van der Waals surface area contributed by atoms with Gasteiger partial charge in [0.1, 0.15) is 12.6 Å². The van der Waals surface area contributed by atoms with Gasteiger partial charge in [0.25, 0.3) is 5.91 Å². The van der Waals surface area contributed by atoms with Gasteiger partial charge in [0, 0.05) is 10.0 Å². The third kappa shape index (κ3) is 4.05. The van der Waals surface area contributed by atoms with Gasteiger partial charge in [-0.15, -0.1) is 0 Å². The largest absolute Gasteiger partial charge is 0.458 e. The zero-order valence-electron chi connectivity index (χ0n) is 10.8. The predicted octanol–water partition coefficient (Wildman–Crippen LogP) is 1.64. The van der Waals surface area contributed by atoms with Gasteiger partial charge < -0.3 is 15.2 Å². The van der Waals surface area contributed by atoms with Crippen molar-refractivity contribution in [3.05, 3.63) is 34.3 Å². The Morgan fingerprint density at radius 3 is 2.60 bits per heavy atom. The molecule has 1 aromatic carbocycles. The summed E-state index contributed by atoms with van der Waals surface area (Å²) in [7, 11) is 0. The summed E-state index contributed by atoms with van der Waals surface area (Å²) in [6.07, 6.45) is 1.16. The highest BCUT2D eigenvalue weighted by Gasteiger charge is 2.28. The normalized spacial score (nSPS) is 21.5. The van der Waals surface area contributed by atoms with E-state index in [0.717, 1.165) is 10.9 Å². The molecule has 1 aliphatic carbocycles. The van der Waals surface area contributed by atoms with Gasteiger partial charge in [-0.2, -0.15) is 0 Å². The van der Waals surface area contributed by atoms with Crippen LogP contribution < -0.4 is 5.32 Å². The summed E-state index contributed by atoms with van der Waals surface area (Å²) >= 11 is 3.28. The second-order valence-corrected chi connectivity index (χ2v) is 5.63. The summed E-state index contributed by atoms with van der Waals surface area (Å²) in [6, 6.07) is 6.82. The minimum absolute atomic E-state index is 0.196. The van der Waals surface area contributed by atoms with Crippen LogP contribution in [0.3, 0.4) is 0 Å². The van der Waals surface area contributed by atoms with Crippen LogP contribution in [-0.2, 0) is 9.53 Å². The number of hydrogen-bond acceptors (Lipinski definition) is 4. The van der Waals surface area contributed by atoms with Gasteiger partial charge in [0.05, 0.1) is 6.10 Å². The lowest BCUT2D eigenvalue weighted by Gasteiger charge is -2.15. The van der Waals surface area contributed by atoms with Gasteiger partial charge >= 0.3 is 5.97 Å². The Morgan fingerprint density at radius 2 is 2.00 bits per heavy atom. The highest BCUT2D eigenvalue weighted by Crippen LogP contribution is 2.21. The van der Waals surface area contributed by atoms with E-state index in [2.05, 4.69) is 21.2 Å². The standard InChI is InChI=1S/C14H16BrNO4/c15-10-6-4-9(5-7-10)14(19)16-8-13(18)20-12-3-1-2-11(12)17/h4-7,11-12,17H,1-3,8H2,(H,16,19)/t11-,12+/m0/s1. The molecule has 1 saturated carbocycles. The Labute approximate surface area is 125 Å². The molecule has 5 nitrogen and oxygen atoms in total. The van der Waals surface area contributed by atoms with Crippen LogP contribution in [0, 0.1) is 0 Å². The van der Waals surface area contributed by atoms with Crippen LogP contribution >= 0.6 is 15.9 Å². The fraction of sp³-hybridized carbons (Fsp3) is 0.429. The second-order valence-electron chi connectivity index (χ2n) is 4.72. The van der Waals surface area contributed by atoms with Gasteiger partial charge in [0.2, 0.25) is 0 Å². The van der Waals surface area contributed by atoms with Crippen molar-refractivity contribution in [3.63, 3.8) is 0 Å². The number of aliphatic hydroxyl groups is 1. The molecule has 0 saturated heterocycles. The number of halogens is 1. The highest BCUT2D eigenvalue weighted by molar-refractivity contribution is 9.10. The molecule has 20 heavy (non-hydrogen) atoms. The average molecular weight is 342 g/mol. The van der Waals surface area contributed by atoms with Gasteiger partial charge in [-0.05, 0) is 43.5 Å². The van der Waals surface area contributed by atoms with E-state index in [1.54, 1.807) is 24.3 Å². The summed E-state index contributed by atoms with van der Waals surface area (Å²) in [6.45, 7) is -0.196. The minimum atomic E-state index is -0.582. The summed E-state index contributed by atoms with van der Waals surface area (Å²) in [5, 5.41) is 12.0. The van der Waals surface area contributed by atoms with Crippen LogP contribution in [-0.4, -0.2) is 35.7 Å². The third-order valence-corrected chi connectivity index (χ3v) is 3.73. The van der Waals surface area contributed by atoms with Crippen LogP contribution in [0.5, 0.6) is 0 Å². The topological polar surface area (TPSA) is 75.6 Å². The smallest absolute Gasteiger partial charge is 0.325 e. The van der Waals surface area contributed by atoms with Gasteiger partial charge in [-0.3, -0.25) is 9.59 Å². The van der Waals surface area contributed by atoms with Crippen LogP contribution in [0.15, 0.2) is 28.7 Å². The van der Waals surface area contributed by atoms with E-state index in [1.165, 1.54) is 0 Å². The van der Waals surface area contributed by atoms with E-state index in [9.17, 15) is 14.7 Å². The number of nitrogens with one attached hydrogen (secondary N) is 1. The van der Waals surface area contributed by atoms with Crippen molar-refractivity contribution in [3.8, 4) is 0 Å². The van der Waals surface area contributed by atoms with Crippen LogP contribution in [0.2, 0.25) is 0 Å². The molecular weight excluding hydrogens is 326 g/mol. The molecule has 0 bridgehead atoms. The molecular formula is C14H16BrNO4.